The first-order valence-corrected chi connectivity index (χ1v) is 12.4. The molecule has 1 aliphatic rings. The second kappa shape index (κ2) is 10.0. The number of benzene rings is 2. The fourth-order valence-electron chi connectivity index (χ4n) is 4.62. The lowest BCUT2D eigenvalue weighted by atomic mass is 10.1. The van der Waals surface area contributed by atoms with Crippen LogP contribution in [0.5, 0.6) is 0 Å². The normalized spacial score (nSPS) is 15.5. The minimum Gasteiger partial charge on any atom is -0.354 e. The third-order valence-corrected chi connectivity index (χ3v) is 7.02. The van der Waals surface area contributed by atoms with Crippen LogP contribution in [0.2, 0.25) is 0 Å². The van der Waals surface area contributed by atoms with E-state index in [1.165, 1.54) is 12.5 Å². The lowest BCUT2D eigenvalue weighted by Crippen LogP contribution is -2.35. The minimum atomic E-state index is -0.407. The van der Waals surface area contributed by atoms with Crippen molar-refractivity contribution in [2.24, 2.45) is 5.92 Å². The average molecular weight is 499 g/mol. The van der Waals surface area contributed by atoms with E-state index in [0.29, 0.717) is 37.2 Å². The monoisotopic (exact) mass is 498 g/mol. The molecule has 0 aliphatic carbocycles. The molecule has 1 N–H and O–H groups in total. The van der Waals surface area contributed by atoms with Gasteiger partial charge in [-0.3, -0.25) is 19.0 Å². The first-order chi connectivity index (χ1) is 17.8. The lowest BCUT2D eigenvalue weighted by Gasteiger charge is -2.18. The summed E-state index contributed by atoms with van der Waals surface area (Å²) in [6.07, 6.45) is 3.24. The van der Waals surface area contributed by atoms with E-state index in [2.05, 4.69) is 15.4 Å². The molecule has 2 amide bonds. The van der Waals surface area contributed by atoms with Crippen molar-refractivity contribution in [2.45, 2.75) is 40.3 Å². The van der Waals surface area contributed by atoms with E-state index < -0.39 is 5.92 Å². The smallest absolute Gasteiger partial charge is 0.264 e. The topological polar surface area (TPSA) is 102 Å². The zero-order valence-electron chi connectivity index (χ0n) is 21.3. The maximum Gasteiger partial charge on any atom is 0.264 e. The summed E-state index contributed by atoms with van der Waals surface area (Å²) in [7, 11) is 0. The predicted molar refractivity (Wildman–Crippen MR) is 141 cm³/mol. The molecule has 4 aromatic rings. The molecule has 1 aliphatic heterocycles. The summed E-state index contributed by atoms with van der Waals surface area (Å²) >= 11 is 0. The second-order valence-corrected chi connectivity index (χ2v) is 9.73. The summed E-state index contributed by atoms with van der Waals surface area (Å²) in [4.78, 5) is 44.5. The third-order valence-electron chi connectivity index (χ3n) is 7.02. The Morgan fingerprint density at radius 2 is 1.84 bits per heavy atom. The number of carbonyl (C=O) groups is 2. The Bertz CT molecular complexity index is 1540. The summed E-state index contributed by atoms with van der Waals surface area (Å²) in [6.45, 7) is 7.54. The van der Waals surface area contributed by atoms with Crippen molar-refractivity contribution in [3.63, 3.8) is 0 Å². The highest BCUT2D eigenvalue weighted by Gasteiger charge is 2.35. The van der Waals surface area contributed by atoms with Gasteiger partial charge in [0.05, 0.1) is 25.2 Å². The average Bonchev–Trinajstić information content (AvgIpc) is 3.48. The van der Waals surface area contributed by atoms with Crippen LogP contribution in [0.4, 0.5) is 5.69 Å². The van der Waals surface area contributed by atoms with Crippen molar-refractivity contribution in [2.75, 3.05) is 18.0 Å². The number of rotatable bonds is 7. The molecule has 2 aromatic carbocycles. The molecule has 2 aromatic heterocycles. The maximum atomic E-state index is 13.0. The molecule has 9 nitrogen and oxygen atoms in total. The fraction of sp³-hybridized carbons (Fsp3) is 0.321. The number of amides is 2. The molecule has 5 rings (SSSR count). The molecule has 190 valence electrons. The Hall–Kier alpha value is -4.27. The zero-order chi connectivity index (χ0) is 26.1. The molecule has 1 fully saturated rings. The van der Waals surface area contributed by atoms with Crippen LogP contribution in [0.1, 0.15) is 28.7 Å². The molecule has 0 saturated carbocycles. The molecule has 0 radical (unpaired) electrons. The van der Waals surface area contributed by atoms with Gasteiger partial charge in [0.15, 0.2) is 5.65 Å². The first kappa shape index (κ1) is 24.4. The van der Waals surface area contributed by atoms with Gasteiger partial charge in [-0.25, -0.2) is 9.67 Å². The van der Waals surface area contributed by atoms with Gasteiger partial charge >= 0.3 is 0 Å². The summed E-state index contributed by atoms with van der Waals surface area (Å²) < 4.78 is 3.19. The van der Waals surface area contributed by atoms with Crippen molar-refractivity contribution in [1.29, 1.82) is 0 Å². The van der Waals surface area contributed by atoms with Crippen molar-refractivity contribution < 1.29 is 9.59 Å². The highest BCUT2D eigenvalue weighted by atomic mass is 16.2. The Morgan fingerprint density at radius 3 is 2.59 bits per heavy atom. The second-order valence-electron chi connectivity index (χ2n) is 9.73. The van der Waals surface area contributed by atoms with E-state index in [-0.39, 0.29) is 23.8 Å². The van der Waals surface area contributed by atoms with Crippen LogP contribution in [0.15, 0.2) is 59.8 Å². The van der Waals surface area contributed by atoms with E-state index in [0.717, 1.165) is 27.9 Å². The lowest BCUT2D eigenvalue weighted by molar-refractivity contribution is -0.126. The highest BCUT2D eigenvalue weighted by Crippen LogP contribution is 2.27. The van der Waals surface area contributed by atoms with E-state index in [1.54, 1.807) is 14.1 Å². The molecule has 37 heavy (non-hydrogen) atoms. The van der Waals surface area contributed by atoms with Crippen molar-refractivity contribution in [1.82, 2.24) is 24.6 Å². The summed E-state index contributed by atoms with van der Waals surface area (Å²) in [5, 5.41) is 7.67. The predicted octanol–water partition coefficient (Wildman–Crippen LogP) is 2.74. The molecule has 3 heterocycles. The summed E-state index contributed by atoms with van der Waals surface area (Å²) in [6, 6.07) is 13.9. The Balaban J connectivity index is 1.20. The van der Waals surface area contributed by atoms with Crippen LogP contribution in [-0.2, 0) is 22.7 Å². The van der Waals surface area contributed by atoms with Crippen LogP contribution in [0, 0.1) is 26.7 Å². The Morgan fingerprint density at radius 1 is 1.05 bits per heavy atom. The number of carbonyl (C=O) groups excluding carboxylic acids is 2. The maximum absolute atomic E-state index is 13.0. The standard InChI is InChI=1S/C28H30N6O3/c1-18-4-7-21(8-5-18)15-32-17-30-26-24(28(32)37)14-31-34(26)11-10-29-27(36)22-13-25(35)33(16-22)23-9-6-19(2)20(3)12-23/h4-9,12,14,17,22H,10-11,13,15-16H2,1-3H3,(H,29,36). The first-order valence-electron chi connectivity index (χ1n) is 12.4. The molecule has 1 atom stereocenters. The van der Waals surface area contributed by atoms with E-state index in [4.69, 9.17) is 0 Å². The minimum absolute atomic E-state index is 0.0485. The van der Waals surface area contributed by atoms with Crippen molar-refractivity contribution >= 4 is 28.5 Å². The van der Waals surface area contributed by atoms with Gasteiger partial charge in [0.25, 0.3) is 5.56 Å². The van der Waals surface area contributed by atoms with Crippen LogP contribution >= 0.6 is 0 Å². The summed E-state index contributed by atoms with van der Waals surface area (Å²) in [5.41, 5.74) is 5.61. The number of aryl methyl sites for hydroxylation is 3. The molecule has 1 saturated heterocycles. The summed E-state index contributed by atoms with van der Waals surface area (Å²) in [5.74, 6) is -0.618. The largest absolute Gasteiger partial charge is 0.354 e. The zero-order valence-corrected chi connectivity index (χ0v) is 21.3. The Labute approximate surface area is 214 Å². The van der Waals surface area contributed by atoms with Crippen LogP contribution in [0.25, 0.3) is 11.0 Å². The SMILES string of the molecule is Cc1ccc(Cn2cnc3c(cnn3CCNC(=O)C3CC(=O)N(c4ccc(C)c(C)c4)C3)c2=O)cc1. The fourth-order valence-corrected chi connectivity index (χ4v) is 4.62. The van der Waals surface area contributed by atoms with Gasteiger partial charge < -0.3 is 10.2 Å². The third kappa shape index (κ3) is 5.02. The van der Waals surface area contributed by atoms with Crippen molar-refractivity contribution in [3.8, 4) is 0 Å². The van der Waals surface area contributed by atoms with Gasteiger partial charge in [0.1, 0.15) is 11.7 Å². The van der Waals surface area contributed by atoms with Crippen LogP contribution < -0.4 is 15.8 Å². The van der Waals surface area contributed by atoms with Gasteiger partial charge in [-0.1, -0.05) is 35.9 Å². The number of hydrogen-bond donors (Lipinski definition) is 1. The van der Waals surface area contributed by atoms with E-state index in [9.17, 15) is 14.4 Å². The van der Waals surface area contributed by atoms with E-state index >= 15 is 0 Å². The van der Waals surface area contributed by atoms with Gasteiger partial charge in [-0.15, -0.1) is 0 Å². The number of anilines is 1. The molecular weight excluding hydrogens is 468 g/mol. The number of aromatic nitrogens is 4. The number of hydrogen-bond acceptors (Lipinski definition) is 5. The highest BCUT2D eigenvalue weighted by molar-refractivity contribution is 6.00. The molecule has 0 spiro atoms. The van der Waals surface area contributed by atoms with Gasteiger partial charge in [0, 0.05) is 25.2 Å². The Kier molecular flexibility index (Phi) is 6.60. The quantitative estimate of drug-likeness (QED) is 0.422. The number of fused-ring (bicyclic) bond motifs is 1. The molecule has 0 bridgehead atoms. The van der Waals surface area contributed by atoms with Gasteiger partial charge in [-0.05, 0) is 49.6 Å². The number of nitrogens with zero attached hydrogens (tertiary/aromatic N) is 5. The van der Waals surface area contributed by atoms with Crippen molar-refractivity contribution in [3.05, 3.63) is 87.6 Å². The van der Waals surface area contributed by atoms with Crippen LogP contribution in [-0.4, -0.2) is 44.2 Å². The molecular formula is C28H30N6O3. The van der Waals surface area contributed by atoms with Gasteiger partial charge in [-0.2, -0.15) is 5.10 Å². The molecule has 9 heteroatoms. The van der Waals surface area contributed by atoms with E-state index in [1.807, 2.05) is 63.2 Å². The molecule has 1 unspecified atom stereocenters. The number of nitrogens with one attached hydrogen (secondary N) is 1. The van der Waals surface area contributed by atoms with Gasteiger partial charge in [0.2, 0.25) is 11.8 Å². The van der Waals surface area contributed by atoms with Crippen LogP contribution in [0.3, 0.4) is 0 Å².